The fraction of sp³-hybridized carbons (Fsp3) is 0.226. The van der Waals surface area contributed by atoms with Gasteiger partial charge < -0.3 is 15.3 Å². The van der Waals surface area contributed by atoms with Crippen LogP contribution in [0.1, 0.15) is 70.2 Å². The van der Waals surface area contributed by atoms with Crippen molar-refractivity contribution in [1.82, 2.24) is 0 Å². The van der Waals surface area contributed by atoms with E-state index in [2.05, 4.69) is 13.8 Å². The van der Waals surface area contributed by atoms with Crippen LogP contribution in [0.15, 0.2) is 85.0 Å². The first-order chi connectivity index (χ1) is 15.8. The predicted octanol–water partition coefficient (Wildman–Crippen LogP) is 9.04. The van der Waals surface area contributed by atoms with Crippen LogP contribution in [0.2, 0.25) is 0 Å². The molecule has 0 spiro atoms. The summed E-state index contributed by atoms with van der Waals surface area (Å²) in [7, 11) is 0. The molecule has 3 aromatic rings. The van der Waals surface area contributed by atoms with Gasteiger partial charge in [-0.15, -0.1) is 0 Å². The Balaban J connectivity index is 0.000000479. The molecule has 34 heavy (non-hydrogen) atoms. The number of phenolic OH excluding ortho intramolecular Hbond substituents is 3. The fourth-order valence-corrected chi connectivity index (χ4v) is 2.98. The first kappa shape index (κ1) is 30.3. The van der Waals surface area contributed by atoms with Crippen LogP contribution in [-0.2, 0) is 0 Å². The van der Waals surface area contributed by atoms with Crippen molar-refractivity contribution in [2.75, 3.05) is 0 Å². The van der Waals surface area contributed by atoms with Crippen molar-refractivity contribution in [1.29, 1.82) is 0 Å². The lowest BCUT2D eigenvalue weighted by atomic mass is 9.99. The van der Waals surface area contributed by atoms with E-state index in [9.17, 15) is 15.3 Å². The van der Waals surface area contributed by atoms with Gasteiger partial charge in [-0.2, -0.15) is 0 Å². The summed E-state index contributed by atoms with van der Waals surface area (Å²) in [5, 5.41) is 28.2. The quantitative estimate of drug-likeness (QED) is 0.364. The van der Waals surface area contributed by atoms with Gasteiger partial charge >= 0.3 is 0 Å². The summed E-state index contributed by atoms with van der Waals surface area (Å²) in [5.41, 5.74) is 3.64. The minimum atomic E-state index is 0. The topological polar surface area (TPSA) is 60.7 Å². The SMILES string of the molecule is C.C/C=C/c1cccc(C(C)C)c1O.C/C=C/c1ccccc1O.C/C=C/c1ccccc1O. The molecule has 0 aliphatic carbocycles. The third-order valence-corrected chi connectivity index (χ3v) is 4.63. The van der Waals surface area contributed by atoms with Crippen LogP contribution >= 0.6 is 0 Å². The first-order valence-corrected chi connectivity index (χ1v) is 11.1. The van der Waals surface area contributed by atoms with Gasteiger partial charge in [0.2, 0.25) is 0 Å². The number of phenols is 3. The zero-order chi connectivity index (χ0) is 24.6. The van der Waals surface area contributed by atoms with Crippen LogP contribution in [-0.4, -0.2) is 15.3 Å². The summed E-state index contributed by atoms with van der Waals surface area (Å²) in [5.74, 6) is 1.45. The minimum Gasteiger partial charge on any atom is -0.507 e. The van der Waals surface area contributed by atoms with Gasteiger partial charge in [0.15, 0.2) is 0 Å². The maximum absolute atomic E-state index is 9.84. The Morgan fingerprint density at radius 3 is 1.32 bits per heavy atom. The summed E-state index contributed by atoms with van der Waals surface area (Å²) < 4.78 is 0. The van der Waals surface area contributed by atoms with Crippen molar-refractivity contribution < 1.29 is 15.3 Å². The Morgan fingerprint density at radius 2 is 0.941 bits per heavy atom. The van der Waals surface area contributed by atoms with E-state index in [-0.39, 0.29) is 7.43 Å². The molecule has 0 atom stereocenters. The van der Waals surface area contributed by atoms with Crippen molar-refractivity contribution in [3.05, 3.63) is 107 Å². The average Bonchev–Trinajstić information content (AvgIpc) is 2.79. The van der Waals surface area contributed by atoms with Crippen LogP contribution in [0, 0.1) is 0 Å². The second-order valence-electron chi connectivity index (χ2n) is 7.56. The predicted molar refractivity (Wildman–Crippen MR) is 149 cm³/mol. The largest absolute Gasteiger partial charge is 0.507 e. The van der Waals surface area contributed by atoms with E-state index in [1.165, 1.54) is 0 Å². The third-order valence-electron chi connectivity index (χ3n) is 4.63. The molecule has 0 aromatic heterocycles. The van der Waals surface area contributed by atoms with Crippen LogP contribution in [0.4, 0.5) is 0 Å². The Morgan fingerprint density at radius 1 is 0.559 bits per heavy atom. The zero-order valence-corrected chi connectivity index (χ0v) is 20.2. The van der Waals surface area contributed by atoms with Gasteiger partial charge in [0.05, 0.1) is 0 Å². The van der Waals surface area contributed by atoms with E-state index in [1.807, 2.05) is 112 Å². The minimum absolute atomic E-state index is 0. The molecule has 3 aromatic carbocycles. The summed E-state index contributed by atoms with van der Waals surface area (Å²) in [6.07, 6.45) is 11.4. The lowest BCUT2D eigenvalue weighted by Gasteiger charge is -2.09. The van der Waals surface area contributed by atoms with Crippen molar-refractivity contribution in [2.45, 2.75) is 48.0 Å². The average molecular weight is 461 g/mol. The number of aromatic hydroxyl groups is 3. The van der Waals surface area contributed by atoms with Crippen LogP contribution in [0.3, 0.4) is 0 Å². The molecule has 3 N–H and O–H groups in total. The maximum atomic E-state index is 9.84. The molecule has 0 unspecified atom stereocenters. The van der Waals surface area contributed by atoms with E-state index < -0.39 is 0 Å². The van der Waals surface area contributed by atoms with Crippen molar-refractivity contribution >= 4 is 18.2 Å². The molecular formula is C31H40O3. The van der Waals surface area contributed by atoms with Crippen molar-refractivity contribution in [3.8, 4) is 17.2 Å². The van der Waals surface area contributed by atoms with Gasteiger partial charge in [0.25, 0.3) is 0 Å². The molecule has 0 amide bonds. The van der Waals surface area contributed by atoms with Crippen molar-refractivity contribution in [2.24, 2.45) is 0 Å². The summed E-state index contributed by atoms with van der Waals surface area (Å²) >= 11 is 0. The highest BCUT2D eigenvalue weighted by Crippen LogP contribution is 2.29. The van der Waals surface area contributed by atoms with Crippen LogP contribution < -0.4 is 0 Å². The molecule has 0 aliphatic heterocycles. The van der Waals surface area contributed by atoms with E-state index in [4.69, 9.17) is 0 Å². The molecule has 3 nitrogen and oxygen atoms in total. The standard InChI is InChI=1S/C12H16O.2C9H10O.CH4/c1-4-6-10-7-5-8-11(9(2)3)12(10)13;2*1-2-5-8-6-3-4-7-9(8)10;/h4-9,13H,1-3H3;2*2-7,10H,1H3;1H4/b6-4+;2*5-2+;. The molecule has 3 heteroatoms. The molecule has 0 aliphatic rings. The number of rotatable bonds is 4. The molecule has 182 valence electrons. The molecule has 0 saturated heterocycles. The molecule has 0 radical (unpaired) electrons. The Bertz CT molecular complexity index is 1010. The smallest absolute Gasteiger partial charge is 0.126 e. The zero-order valence-electron chi connectivity index (χ0n) is 20.2. The van der Waals surface area contributed by atoms with E-state index in [0.29, 0.717) is 23.2 Å². The van der Waals surface area contributed by atoms with Gasteiger partial charge in [-0.1, -0.05) is 112 Å². The maximum Gasteiger partial charge on any atom is 0.126 e. The van der Waals surface area contributed by atoms with E-state index >= 15 is 0 Å². The third kappa shape index (κ3) is 10.3. The normalized spacial score (nSPS) is 10.5. The lowest BCUT2D eigenvalue weighted by Crippen LogP contribution is -1.89. The second-order valence-corrected chi connectivity index (χ2v) is 7.56. The second kappa shape index (κ2) is 16.8. The van der Waals surface area contributed by atoms with Crippen molar-refractivity contribution in [3.63, 3.8) is 0 Å². The molecular weight excluding hydrogens is 420 g/mol. The van der Waals surface area contributed by atoms with E-state index in [1.54, 1.807) is 12.1 Å². The molecule has 0 fully saturated rings. The lowest BCUT2D eigenvalue weighted by molar-refractivity contribution is 0.463. The number of para-hydroxylation sites is 3. The summed E-state index contributed by atoms with van der Waals surface area (Å²) in [6, 6.07) is 20.4. The highest BCUT2D eigenvalue weighted by atomic mass is 16.3. The van der Waals surface area contributed by atoms with Crippen LogP contribution in [0.5, 0.6) is 17.2 Å². The Kier molecular flexibility index (Phi) is 15.0. The monoisotopic (exact) mass is 460 g/mol. The van der Waals surface area contributed by atoms with Gasteiger partial charge in [-0.3, -0.25) is 0 Å². The Labute approximate surface area is 206 Å². The number of hydrogen-bond acceptors (Lipinski definition) is 3. The summed E-state index contributed by atoms with van der Waals surface area (Å²) in [4.78, 5) is 0. The fourth-order valence-electron chi connectivity index (χ4n) is 2.98. The molecule has 0 bridgehead atoms. The highest BCUT2D eigenvalue weighted by Gasteiger charge is 2.07. The van der Waals surface area contributed by atoms with Gasteiger partial charge in [0.1, 0.15) is 17.2 Å². The summed E-state index contributed by atoms with van der Waals surface area (Å²) in [6.45, 7) is 9.95. The number of allylic oxidation sites excluding steroid dienone is 3. The molecule has 0 heterocycles. The molecule has 0 saturated carbocycles. The number of benzene rings is 3. The van der Waals surface area contributed by atoms with Gasteiger partial charge in [0, 0.05) is 16.7 Å². The first-order valence-electron chi connectivity index (χ1n) is 11.1. The molecule has 3 rings (SSSR count). The van der Waals surface area contributed by atoms with Gasteiger partial charge in [-0.25, -0.2) is 0 Å². The van der Waals surface area contributed by atoms with E-state index in [0.717, 1.165) is 22.3 Å². The Hall–Kier alpha value is -3.72. The van der Waals surface area contributed by atoms with Gasteiger partial charge in [-0.05, 0) is 44.4 Å². The van der Waals surface area contributed by atoms with Crippen LogP contribution in [0.25, 0.3) is 18.2 Å². The highest BCUT2D eigenvalue weighted by molar-refractivity contribution is 5.59. The number of hydrogen-bond donors (Lipinski definition) is 3.